The molecule has 0 saturated heterocycles. The summed E-state index contributed by atoms with van der Waals surface area (Å²) in [5, 5.41) is 3.56. The van der Waals surface area contributed by atoms with Gasteiger partial charge in [0.15, 0.2) is 0 Å². The lowest BCUT2D eigenvalue weighted by molar-refractivity contribution is -0.140. The van der Waals surface area contributed by atoms with E-state index in [1.807, 2.05) is 13.8 Å². The van der Waals surface area contributed by atoms with E-state index in [4.69, 9.17) is 32.7 Å². The number of carbonyl (C=O) groups is 2. The first kappa shape index (κ1) is 34.0. The van der Waals surface area contributed by atoms with Crippen LogP contribution in [0.2, 0.25) is 10.0 Å². The molecule has 0 saturated carbocycles. The number of ether oxygens (including phenoxy) is 2. The van der Waals surface area contributed by atoms with Gasteiger partial charge in [0.2, 0.25) is 11.8 Å². The highest BCUT2D eigenvalue weighted by atomic mass is 35.5. The van der Waals surface area contributed by atoms with Gasteiger partial charge in [0.25, 0.3) is 10.0 Å². The van der Waals surface area contributed by atoms with E-state index in [1.165, 1.54) is 37.3 Å². The van der Waals surface area contributed by atoms with Crippen molar-refractivity contribution in [2.75, 3.05) is 25.1 Å². The van der Waals surface area contributed by atoms with E-state index in [9.17, 15) is 18.0 Å². The van der Waals surface area contributed by atoms with Crippen molar-refractivity contribution in [2.45, 2.75) is 57.1 Å². The fraction of sp³-hybridized carbons (Fsp3) is 0.355. The first-order valence-electron chi connectivity index (χ1n) is 13.8. The molecule has 2 atom stereocenters. The second kappa shape index (κ2) is 15.3. The Kier molecular flexibility index (Phi) is 12.1. The Morgan fingerprint density at radius 1 is 0.907 bits per heavy atom. The summed E-state index contributed by atoms with van der Waals surface area (Å²) in [5.74, 6) is -0.456. The Bertz CT molecular complexity index is 1500. The summed E-state index contributed by atoms with van der Waals surface area (Å²) in [5.41, 5.74) is 0.525. The van der Waals surface area contributed by atoms with Crippen LogP contribution in [0.1, 0.15) is 39.2 Å². The third-order valence-electron chi connectivity index (χ3n) is 7.04. The summed E-state index contributed by atoms with van der Waals surface area (Å²) >= 11 is 13.0. The van der Waals surface area contributed by atoms with E-state index in [0.29, 0.717) is 27.8 Å². The first-order valence-corrected chi connectivity index (χ1v) is 16.0. The number of carbonyl (C=O) groups excluding carboxylic acids is 2. The largest absolute Gasteiger partial charge is 0.497 e. The predicted molar refractivity (Wildman–Crippen MR) is 170 cm³/mol. The third kappa shape index (κ3) is 8.13. The van der Waals surface area contributed by atoms with E-state index < -0.39 is 28.5 Å². The maximum absolute atomic E-state index is 14.3. The fourth-order valence-electron chi connectivity index (χ4n) is 4.44. The van der Waals surface area contributed by atoms with Gasteiger partial charge in [-0.3, -0.25) is 13.9 Å². The van der Waals surface area contributed by atoms with Crippen LogP contribution < -0.4 is 19.1 Å². The molecule has 43 heavy (non-hydrogen) atoms. The third-order valence-corrected chi connectivity index (χ3v) is 9.52. The summed E-state index contributed by atoms with van der Waals surface area (Å²) < 4.78 is 40.1. The Morgan fingerprint density at radius 3 is 2.12 bits per heavy atom. The maximum atomic E-state index is 14.3. The number of halogens is 2. The number of hydrogen-bond donors (Lipinski definition) is 1. The fourth-order valence-corrected chi connectivity index (χ4v) is 6.39. The van der Waals surface area contributed by atoms with Gasteiger partial charge in [0.1, 0.15) is 24.1 Å². The minimum Gasteiger partial charge on any atom is -0.497 e. The molecule has 0 fully saturated rings. The van der Waals surface area contributed by atoms with Gasteiger partial charge >= 0.3 is 0 Å². The van der Waals surface area contributed by atoms with Crippen LogP contribution in [-0.2, 0) is 26.2 Å². The minimum atomic E-state index is -4.31. The second-order valence-corrected chi connectivity index (χ2v) is 12.5. The van der Waals surface area contributed by atoms with Crippen LogP contribution in [0.4, 0.5) is 5.69 Å². The van der Waals surface area contributed by atoms with Gasteiger partial charge in [-0.1, -0.05) is 61.3 Å². The van der Waals surface area contributed by atoms with E-state index in [-0.39, 0.29) is 41.2 Å². The molecule has 9 nitrogen and oxygen atoms in total. The summed E-state index contributed by atoms with van der Waals surface area (Å²) in [6.07, 6.45) is 0.940. The lowest BCUT2D eigenvalue weighted by atomic mass is 10.1. The highest BCUT2D eigenvalue weighted by molar-refractivity contribution is 7.92. The zero-order chi connectivity index (χ0) is 31.7. The van der Waals surface area contributed by atoms with Crippen molar-refractivity contribution in [3.63, 3.8) is 0 Å². The quantitative estimate of drug-likeness (QED) is 0.232. The maximum Gasteiger partial charge on any atom is 0.264 e. The SMILES string of the molecule is CC[C@H](C)NC(=O)[C@H](CC)N(Cc1c(Cl)cccc1Cl)C(=O)CN(c1cc(OC)ccc1OC)S(=O)(=O)c1ccccc1. The van der Waals surface area contributed by atoms with Gasteiger partial charge in [-0.05, 0) is 56.2 Å². The molecule has 1 N–H and O–H groups in total. The smallest absolute Gasteiger partial charge is 0.264 e. The summed E-state index contributed by atoms with van der Waals surface area (Å²) in [4.78, 5) is 29.1. The molecular formula is C31H37Cl2N3O6S. The normalized spacial score (nSPS) is 12.6. The van der Waals surface area contributed by atoms with Gasteiger partial charge in [0, 0.05) is 34.3 Å². The average molecular weight is 651 g/mol. The molecule has 3 aromatic carbocycles. The molecule has 0 aliphatic carbocycles. The van der Waals surface area contributed by atoms with Crippen molar-refractivity contribution >= 4 is 50.7 Å². The van der Waals surface area contributed by atoms with Gasteiger partial charge < -0.3 is 19.7 Å². The van der Waals surface area contributed by atoms with Crippen LogP contribution in [-0.4, -0.2) is 58.0 Å². The molecule has 0 aliphatic rings. The molecule has 0 bridgehead atoms. The van der Waals surface area contributed by atoms with E-state index >= 15 is 0 Å². The number of benzene rings is 3. The number of amides is 2. The molecule has 0 unspecified atom stereocenters. The van der Waals surface area contributed by atoms with Crippen LogP contribution in [0.5, 0.6) is 11.5 Å². The molecule has 12 heteroatoms. The molecule has 0 spiro atoms. The van der Waals surface area contributed by atoms with E-state index in [0.717, 1.165) is 4.31 Å². The van der Waals surface area contributed by atoms with Crippen molar-refractivity contribution in [3.05, 3.63) is 82.3 Å². The van der Waals surface area contributed by atoms with Gasteiger partial charge in [-0.15, -0.1) is 0 Å². The number of sulfonamides is 1. The molecule has 232 valence electrons. The number of rotatable bonds is 14. The minimum absolute atomic E-state index is 0.0325. The van der Waals surface area contributed by atoms with Crippen LogP contribution in [0.3, 0.4) is 0 Å². The molecule has 2 amide bonds. The highest BCUT2D eigenvalue weighted by Gasteiger charge is 2.35. The number of nitrogens with one attached hydrogen (secondary N) is 1. The average Bonchev–Trinajstić information content (AvgIpc) is 3.00. The summed E-state index contributed by atoms with van der Waals surface area (Å²) in [6.45, 7) is 4.80. The lowest BCUT2D eigenvalue weighted by Crippen LogP contribution is -2.53. The molecule has 3 aromatic rings. The Hall–Kier alpha value is -3.47. The molecule has 0 aliphatic heterocycles. The number of hydrogen-bond acceptors (Lipinski definition) is 6. The zero-order valence-electron chi connectivity index (χ0n) is 24.8. The molecule has 0 aromatic heterocycles. The molecular weight excluding hydrogens is 613 g/mol. The van der Waals surface area contributed by atoms with Crippen molar-refractivity contribution in [3.8, 4) is 11.5 Å². The number of nitrogens with zero attached hydrogens (tertiary/aromatic N) is 2. The molecule has 3 rings (SSSR count). The standard InChI is InChI=1S/C31H37Cl2N3O6S/c1-6-21(3)34-31(38)27(7-2)35(19-24-25(32)14-11-15-26(24)33)30(37)20-36(43(39,40)23-12-9-8-10-13-23)28-18-22(41-4)16-17-29(28)42-5/h8-18,21,27H,6-7,19-20H2,1-5H3,(H,34,38)/t21-,27-/m0/s1. The Morgan fingerprint density at radius 2 is 1.56 bits per heavy atom. The van der Waals surface area contributed by atoms with Crippen molar-refractivity contribution < 1.29 is 27.5 Å². The van der Waals surface area contributed by atoms with E-state index in [1.54, 1.807) is 55.5 Å². The zero-order valence-corrected chi connectivity index (χ0v) is 27.2. The Labute approximate surface area is 263 Å². The van der Waals surface area contributed by atoms with Crippen LogP contribution in [0.15, 0.2) is 71.6 Å². The van der Waals surface area contributed by atoms with Crippen molar-refractivity contribution in [2.24, 2.45) is 0 Å². The van der Waals surface area contributed by atoms with Gasteiger partial charge in [-0.2, -0.15) is 0 Å². The molecule has 0 heterocycles. The summed E-state index contributed by atoms with van der Waals surface area (Å²) in [7, 11) is -1.46. The van der Waals surface area contributed by atoms with Crippen molar-refractivity contribution in [1.29, 1.82) is 0 Å². The predicted octanol–water partition coefficient (Wildman–Crippen LogP) is 5.93. The van der Waals surface area contributed by atoms with Crippen molar-refractivity contribution in [1.82, 2.24) is 10.2 Å². The van der Waals surface area contributed by atoms with Crippen LogP contribution in [0.25, 0.3) is 0 Å². The topological polar surface area (TPSA) is 105 Å². The number of methoxy groups -OCH3 is 2. The lowest BCUT2D eigenvalue weighted by Gasteiger charge is -2.34. The first-order chi connectivity index (χ1) is 20.5. The van der Waals surface area contributed by atoms with Crippen LogP contribution >= 0.6 is 23.2 Å². The van der Waals surface area contributed by atoms with Gasteiger partial charge in [-0.25, -0.2) is 8.42 Å². The number of anilines is 1. The summed E-state index contributed by atoms with van der Waals surface area (Å²) in [6, 6.07) is 16.3. The highest BCUT2D eigenvalue weighted by Crippen LogP contribution is 2.36. The Balaban J connectivity index is 2.18. The van der Waals surface area contributed by atoms with Crippen LogP contribution in [0, 0.1) is 0 Å². The van der Waals surface area contributed by atoms with E-state index in [2.05, 4.69) is 5.32 Å². The molecule has 0 radical (unpaired) electrons. The second-order valence-electron chi connectivity index (χ2n) is 9.83. The van der Waals surface area contributed by atoms with Gasteiger partial charge in [0.05, 0.1) is 24.8 Å². The monoisotopic (exact) mass is 649 g/mol.